The highest BCUT2D eigenvalue weighted by Crippen LogP contribution is 2.70. The Morgan fingerprint density at radius 3 is 2.64 bits per heavy atom. The molecule has 2 aliphatic carbocycles. The Labute approximate surface area is 66.7 Å². The molecule has 1 atom stereocenters. The first-order valence-electron chi connectivity index (χ1n) is 4.14. The van der Waals surface area contributed by atoms with Crippen LogP contribution in [0.4, 0.5) is 0 Å². The molecule has 2 saturated carbocycles. The van der Waals surface area contributed by atoms with Crippen molar-refractivity contribution in [1.29, 1.82) is 0 Å². The van der Waals surface area contributed by atoms with E-state index < -0.39 is 0 Å². The number of hydrazine groups is 1. The monoisotopic (exact) mass is 154 g/mol. The van der Waals surface area contributed by atoms with Crippen molar-refractivity contribution >= 4 is 5.91 Å². The molecule has 2 aliphatic rings. The molecule has 2 fully saturated rings. The van der Waals surface area contributed by atoms with Gasteiger partial charge in [-0.1, -0.05) is 0 Å². The lowest BCUT2D eigenvalue weighted by molar-refractivity contribution is -0.134. The zero-order chi connectivity index (χ0) is 8.06. The highest BCUT2D eigenvalue weighted by atomic mass is 16.2. The summed E-state index contributed by atoms with van der Waals surface area (Å²) in [5, 5.41) is 1.59. The molecular formula is C8H14N2O. The predicted octanol–water partition coefficient (Wildman–Crippen LogP) is 0.379. The van der Waals surface area contributed by atoms with E-state index in [-0.39, 0.29) is 5.91 Å². The van der Waals surface area contributed by atoms with Crippen LogP contribution in [0.15, 0.2) is 0 Å². The molecule has 0 bridgehead atoms. The largest absolute Gasteiger partial charge is 0.281 e. The lowest BCUT2D eigenvalue weighted by atomic mass is 10.3. The second kappa shape index (κ2) is 1.97. The molecule has 11 heavy (non-hydrogen) atoms. The molecular weight excluding hydrogens is 140 g/mol. The fraction of sp³-hybridized carbons (Fsp3) is 0.875. The topological polar surface area (TPSA) is 32.3 Å². The van der Waals surface area contributed by atoms with Crippen LogP contribution in [0.5, 0.6) is 0 Å². The van der Waals surface area contributed by atoms with Crippen LogP contribution < -0.4 is 5.43 Å². The van der Waals surface area contributed by atoms with E-state index >= 15 is 0 Å². The minimum absolute atomic E-state index is 0.269. The molecule has 1 N–H and O–H groups in total. The Balaban J connectivity index is 1.91. The van der Waals surface area contributed by atoms with Crippen molar-refractivity contribution < 1.29 is 4.79 Å². The van der Waals surface area contributed by atoms with Gasteiger partial charge in [-0.05, 0) is 24.7 Å². The van der Waals surface area contributed by atoms with Gasteiger partial charge in [0, 0.05) is 20.0 Å². The van der Waals surface area contributed by atoms with Gasteiger partial charge in [0.05, 0.1) is 0 Å². The molecule has 1 unspecified atom stereocenters. The summed E-state index contributed by atoms with van der Waals surface area (Å²) < 4.78 is 0. The maximum Gasteiger partial charge on any atom is 0.240 e. The van der Waals surface area contributed by atoms with Gasteiger partial charge in [0.15, 0.2) is 0 Å². The number of rotatable bonds is 2. The van der Waals surface area contributed by atoms with E-state index in [0.717, 1.165) is 6.42 Å². The Morgan fingerprint density at radius 2 is 2.27 bits per heavy atom. The van der Waals surface area contributed by atoms with Gasteiger partial charge in [-0.15, -0.1) is 0 Å². The summed E-state index contributed by atoms with van der Waals surface area (Å²) >= 11 is 0. The summed E-state index contributed by atoms with van der Waals surface area (Å²) in [5.41, 5.74) is 3.32. The van der Waals surface area contributed by atoms with Gasteiger partial charge in [0.25, 0.3) is 0 Å². The van der Waals surface area contributed by atoms with E-state index in [4.69, 9.17) is 0 Å². The lowest BCUT2D eigenvalue weighted by Gasteiger charge is -2.14. The molecule has 3 nitrogen and oxygen atoms in total. The number of amides is 1. The molecule has 0 radical (unpaired) electrons. The van der Waals surface area contributed by atoms with Crippen LogP contribution in [0.25, 0.3) is 0 Å². The van der Waals surface area contributed by atoms with Crippen molar-refractivity contribution in [3.63, 3.8) is 0 Å². The van der Waals surface area contributed by atoms with Crippen LogP contribution in [0.2, 0.25) is 0 Å². The van der Waals surface area contributed by atoms with Crippen LogP contribution in [-0.4, -0.2) is 25.0 Å². The fourth-order valence-corrected chi connectivity index (χ4v) is 1.75. The van der Waals surface area contributed by atoms with Gasteiger partial charge in [0.1, 0.15) is 0 Å². The van der Waals surface area contributed by atoms with Crippen molar-refractivity contribution in [2.24, 2.45) is 11.3 Å². The van der Waals surface area contributed by atoms with Crippen molar-refractivity contribution in [1.82, 2.24) is 10.4 Å². The normalized spacial score (nSPS) is 30.2. The van der Waals surface area contributed by atoms with Gasteiger partial charge in [-0.2, -0.15) is 0 Å². The molecule has 2 rings (SSSR count). The van der Waals surface area contributed by atoms with Gasteiger partial charge < -0.3 is 0 Å². The highest BCUT2D eigenvalue weighted by molar-refractivity contribution is 5.82. The molecule has 3 heteroatoms. The van der Waals surface area contributed by atoms with Crippen LogP contribution in [-0.2, 0) is 4.79 Å². The summed E-state index contributed by atoms with van der Waals surface area (Å²) in [6, 6.07) is 0. The van der Waals surface area contributed by atoms with E-state index in [1.54, 1.807) is 19.1 Å². The van der Waals surface area contributed by atoms with Crippen molar-refractivity contribution in [3.8, 4) is 0 Å². The fourth-order valence-electron chi connectivity index (χ4n) is 1.75. The lowest BCUT2D eigenvalue weighted by Crippen LogP contribution is -2.38. The number of carbonyl (C=O) groups excluding carboxylic acids is 1. The third-order valence-corrected chi connectivity index (χ3v) is 3.05. The van der Waals surface area contributed by atoms with E-state index in [1.165, 1.54) is 12.8 Å². The maximum atomic E-state index is 11.5. The Hall–Kier alpha value is -0.570. The summed E-state index contributed by atoms with van der Waals surface area (Å²) in [5.74, 6) is 0.616. The highest BCUT2D eigenvalue weighted by Gasteiger charge is 2.66. The first-order chi connectivity index (χ1) is 5.19. The van der Waals surface area contributed by atoms with Crippen molar-refractivity contribution in [2.45, 2.75) is 19.3 Å². The number of carbonyl (C=O) groups is 1. The van der Waals surface area contributed by atoms with Crippen LogP contribution in [0.1, 0.15) is 19.3 Å². The van der Waals surface area contributed by atoms with E-state index in [2.05, 4.69) is 5.43 Å². The molecule has 0 aromatic heterocycles. The Morgan fingerprint density at radius 1 is 1.64 bits per heavy atom. The predicted molar refractivity (Wildman–Crippen MR) is 41.6 cm³/mol. The van der Waals surface area contributed by atoms with Gasteiger partial charge in [0.2, 0.25) is 5.91 Å². The number of nitrogens with zero attached hydrogens (tertiary/aromatic N) is 1. The molecule has 0 heterocycles. The maximum absolute atomic E-state index is 11.5. The molecule has 0 aliphatic heterocycles. The molecule has 0 aromatic rings. The average molecular weight is 154 g/mol. The average Bonchev–Trinajstić information content (AvgIpc) is 2.91. The molecule has 1 amide bonds. The zero-order valence-corrected chi connectivity index (χ0v) is 7.05. The van der Waals surface area contributed by atoms with E-state index in [9.17, 15) is 4.79 Å². The van der Waals surface area contributed by atoms with Crippen LogP contribution in [0, 0.1) is 11.3 Å². The minimum Gasteiger partial charge on any atom is -0.281 e. The number of hydrogen-bond acceptors (Lipinski definition) is 2. The quantitative estimate of drug-likeness (QED) is 0.583. The second-order valence-corrected chi connectivity index (χ2v) is 3.74. The summed E-state index contributed by atoms with van der Waals surface area (Å²) in [6.45, 7) is 0. The van der Waals surface area contributed by atoms with Crippen molar-refractivity contribution in [2.75, 3.05) is 14.1 Å². The molecule has 0 saturated heterocycles. The molecule has 1 spiro atoms. The van der Waals surface area contributed by atoms with Crippen LogP contribution in [0.3, 0.4) is 0 Å². The van der Waals surface area contributed by atoms with E-state index in [0.29, 0.717) is 11.3 Å². The minimum atomic E-state index is 0.269. The van der Waals surface area contributed by atoms with Gasteiger partial charge in [-0.3, -0.25) is 9.80 Å². The first kappa shape index (κ1) is 7.10. The molecule has 0 aromatic carbocycles. The third kappa shape index (κ3) is 0.948. The van der Waals surface area contributed by atoms with Crippen molar-refractivity contribution in [3.05, 3.63) is 0 Å². The summed E-state index contributed by atoms with van der Waals surface area (Å²) in [7, 11) is 3.57. The Kier molecular flexibility index (Phi) is 1.27. The Bertz CT molecular complexity index is 198. The smallest absolute Gasteiger partial charge is 0.240 e. The standard InChI is InChI=1S/C8H14N2O/c1-9-10(2)7(11)6-5-8(6)3-4-8/h6,9H,3-5H2,1-2H3. The summed E-state index contributed by atoms with van der Waals surface area (Å²) in [4.78, 5) is 11.5. The SMILES string of the molecule is CNN(C)C(=O)C1CC12CC2. The third-order valence-electron chi connectivity index (χ3n) is 3.05. The van der Waals surface area contributed by atoms with E-state index in [1.807, 2.05) is 0 Å². The molecule has 62 valence electrons. The second-order valence-electron chi connectivity index (χ2n) is 3.74. The number of hydrogen-bond donors (Lipinski definition) is 1. The number of nitrogens with one attached hydrogen (secondary N) is 1. The van der Waals surface area contributed by atoms with Crippen LogP contribution >= 0.6 is 0 Å². The first-order valence-corrected chi connectivity index (χ1v) is 4.14. The zero-order valence-electron chi connectivity index (χ0n) is 7.05. The summed E-state index contributed by atoms with van der Waals surface area (Å²) in [6.07, 6.45) is 3.69. The van der Waals surface area contributed by atoms with Gasteiger partial charge in [-0.25, -0.2) is 5.43 Å². The van der Waals surface area contributed by atoms with Gasteiger partial charge >= 0.3 is 0 Å².